The Balaban J connectivity index is 2.09. The van der Waals surface area contributed by atoms with Gasteiger partial charge in [-0.1, -0.05) is 26.2 Å². The lowest BCUT2D eigenvalue weighted by atomic mass is 9.75. The summed E-state index contributed by atoms with van der Waals surface area (Å²) in [6, 6.07) is 2.68. The van der Waals surface area contributed by atoms with Crippen LogP contribution in [0.2, 0.25) is 0 Å². The molecule has 0 radical (unpaired) electrons. The predicted molar refractivity (Wildman–Crippen MR) is 78.2 cm³/mol. The number of hydrogen-bond donors (Lipinski definition) is 1. The van der Waals surface area contributed by atoms with Crippen LogP contribution in [-0.4, -0.2) is 9.55 Å². The first-order valence-corrected chi connectivity index (χ1v) is 7.48. The Morgan fingerprint density at radius 1 is 1.25 bits per heavy atom. The predicted octanol–water partition coefficient (Wildman–Crippen LogP) is 4.95. The van der Waals surface area contributed by atoms with Crippen LogP contribution >= 0.6 is 12.2 Å². The summed E-state index contributed by atoms with van der Waals surface area (Å²) in [4.78, 5) is 2.97. The van der Waals surface area contributed by atoms with Gasteiger partial charge in [0.1, 0.15) is 5.52 Å². The number of imidazole rings is 1. The lowest BCUT2D eigenvalue weighted by molar-refractivity contribution is 0.184. The van der Waals surface area contributed by atoms with Crippen LogP contribution in [0.3, 0.4) is 0 Å². The second-order valence-electron chi connectivity index (χ2n) is 6.15. The molecule has 1 aliphatic rings. The Kier molecular flexibility index (Phi) is 3.40. The molecule has 1 N–H and O–H groups in total. The summed E-state index contributed by atoms with van der Waals surface area (Å²) in [5, 5.41) is 0. The minimum atomic E-state index is -0.825. The van der Waals surface area contributed by atoms with Crippen molar-refractivity contribution in [2.75, 3.05) is 0 Å². The second kappa shape index (κ2) is 4.95. The molecule has 2 aromatic rings. The zero-order valence-corrected chi connectivity index (χ0v) is 12.3. The third-order valence-corrected chi connectivity index (χ3v) is 4.75. The minimum absolute atomic E-state index is 0.115. The highest BCUT2D eigenvalue weighted by atomic mass is 32.1. The molecule has 5 heteroatoms. The Labute approximate surface area is 121 Å². The van der Waals surface area contributed by atoms with Crippen molar-refractivity contribution in [1.82, 2.24) is 9.55 Å². The maximum absolute atomic E-state index is 14.1. The fourth-order valence-corrected chi connectivity index (χ4v) is 3.55. The molecule has 1 aromatic heterocycles. The van der Waals surface area contributed by atoms with E-state index in [0.29, 0.717) is 16.8 Å². The summed E-state index contributed by atoms with van der Waals surface area (Å²) in [6.07, 6.45) is 5.88. The number of rotatable bonds is 2. The maximum Gasteiger partial charge on any atom is 0.184 e. The van der Waals surface area contributed by atoms with E-state index in [4.69, 9.17) is 12.2 Å². The number of halogens is 2. The molecule has 0 bridgehead atoms. The first-order valence-electron chi connectivity index (χ1n) is 7.07. The van der Waals surface area contributed by atoms with Crippen molar-refractivity contribution in [2.24, 2.45) is 5.41 Å². The molecule has 1 aromatic carbocycles. The fourth-order valence-electron chi connectivity index (χ4n) is 3.28. The quantitative estimate of drug-likeness (QED) is 0.778. The molecule has 1 fully saturated rings. The van der Waals surface area contributed by atoms with Gasteiger partial charge in [-0.25, -0.2) is 8.78 Å². The van der Waals surface area contributed by atoms with Gasteiger partial charge in [0.05, 0.1) is 5.52 Å². The highest BCUT2D eigenvalue weighted by molar-refractivity contribution is 7.71. The standard InChI is InChI=1S/C15H18F2N2S/c1-15(7-3-2-4-8-15)9-19-13-11(18-14(19)20)6-5-10(16)12(13)17/h5-6H,2-4,7-9H2,1H3,(H,18,20). The van der Waals surface area contributed by atoms with Crippen LogP contribution in [0, 0.1) is 21.8 Å². The van der Waals surface area contributed by atoms with Crippen molar-refractivity contribution in [3.05, 3.63) is 28.5 Å². The van der Waals surface area contributed by atoms with Crippen molar-refractivity contribution in [2.45, 2.75) is 45.6 Å². The largest absolute Gasteiger partial charge is 0.330 e. The summed E-state index contributed by atoms with van der Waals surface area (Å²) >= 11 is 5.29. The fraction of sp³-hybridized carbons (Fsp3) is 0.533. The van der Waals surface area contributed by atoms with Crippen LogP contribution in [0.1, 0.15) is 39.0 Å². The first kappa shape index (κ1) is 13.7. The van der Waals surface area contributed by atoms with E-state index in [9.17, 15) is 8.78 Å². The molecule has 1 aliphatic carbocycles. The molecule has 2 nitrogen and oxygen atoms in total. The van der Waals surface area contributed by atoms with E-state index < -0.39 is 11.6 Å². The molecule has 0 amide bonds. The number of aromatic amines is 1. The Morgan fingerprint density at radius 2 is 1.95 bits per heavy atom. The molecule has 0 saturated heterocycles. The zero-order valence-electron chi connectivity index (χ0n) is 11.5. The van der Waals surface area contributed by atoms with Crippen LogP contribution in [0.25, 0.3) is 11.0 Å². The summed E-state index contributed by atoms with van der Waals surface area (Å²) in [6.45, 7) is 2.86. The molecule has 108 valence electrons. The van der Waals surface area contributed by atoms with Crippen LogP contribution in [0.5, 0.6) is 0 Å². The number of hydrogen-bond acceptors (Lipinski definition) is 1. The Morgan fingerprint density at radius 3 is 2.65 bits per heavy atom. The van der Waals surface area contributed by atoms with E-state index in [2.05, 4.69) is 11.9 Å². The maximum atomic E-state index is 14.1. The van der Waals surface area contributed by atoms with Gasteiger partial charge in [-0.15, -0.1) is 0 Å². The molecule has 20 heavy (non-hydrogen) atoms. The smallest absolute Gasteiger partial charge is 0.184 e. The van der Waals surface area contributed by atoms with E-state index >= 15 is 0 Å². The summed E-state index contributed by atoms with van der Waals surface area (Å²) in [7, 11) is 0. The molecule has 0 unspecified atom stereocenters. The van der Waals surface area contributed by atoms with E-state index in [1.54, 1.807) is 10.6 Å². The molecular weight excluding hydrogens is 278 g/mol. The van der Waals surface area contributed by atoms with Gasteiger partial charge in [-0.2, -0.15) is 0 Å². The number of benzene rings is 1. The van der Waals surface area contributed by atoms with Crippen molar-refractivity contribution < 1.29 is 8.78 Å². The number of nitrogens with zero attached hydrogens (tertiary/aromatic N) is 1. The van der Waals surface area contributed by atoms with Crippen LogP contribution < -0.4 is 0 Å². The SMILES string of the molecule is CC1(Cn2c(=S)[nH]c3ccc(F)c(F)c32)CCCCC1. The molecule has 3 rings (SSSR count). The highest BCUT2D eigenvalue weighted by Crippen LogP contribution is 2.38. The van der Waals surface area contributed by atoms with Crippen LogP contribution in [0.15, 0.2) is 12.1 Å². The van der Waals surface area contributed by atoms with Gasteiger partial charge in [0, 0.05) is 6.54 Å². The Bertz CT molecular complexity index is 696. The van der Waals surface area contributed by atoms with Crippen LogP contribution in [-0.2, 0) is 6.54 Å². The molecule has 0 spiro atoms. The molecule has 0 atom stereocenters. The minimum Gasteiger partial charge on any atom is -0.330 e. The lowest BCUT2D eigenvalue weighted by Gasteiger charge is -2.34. The third-order valence-electron chi connectivity index (χ3n) is 4.43. The van der Waals surface area contributed by atoms with Crippen molar-refractivity contribution in [3.63, 3.8) is 0 Å². The number of H-pyrrole nitrogens is 1. The number of fused-ring (bicyclic) bond motifs is 1. The molecule has 1 saturated carbocycles. The summed E-state index contributed by atoms with van der Waals surface area (Å²) < 4.78 is 29.8. The zero-order chi connectivity index (χ0) is 14.3. The molecular formula is C15H18F2N2S. The molecule has 1 heterocycles. The van der Waals surface area contributed by atoms with Gasteiger partial charge in [-0.05, 0) is 42.6 Å². The monoisotopic (exact) mass is 296 g/mol. The lowest BCUT2D eigenvalue weighted by Crippen LogP contribution is -2.26. The van der Waals surface area contributed by atoms with Gasteiger partial charge in [0.2, 0.25) is 0 Å². The van der Waals surface area contributed by atoms with Gasteiger partial charge < -0.3 is 9.55 Å². The first-order chi connectivity index (χ1) is 9.50. The average Bonchev–Trinajstić information content (AvgIpc) is 2.72. The van der Waals surface area contributed by atoms with E-state index in [1.807, 2.05) is 0 Å². The van der Waals surface area contributed by atoms with Crippen molar-refractivity contribution >= 4 is 23.3 Å². The van der Waals surface area contributed by atoms with Gasteiger partial charge in [0.25, 0.3) is 0 Å². The van der Waals surface area contributed by atoms with E-state index in [-0.39, 0.29) is 10.9 Å². The van der Waals surface area contributed by atoms with Gasteiger partial charge >= 0.3 is 0 Å². The van der Waals surface area contributed by atoms with Crippen LogP contribution in [0.4, 0.5) is 8.78 Å². The Hall–Kier alpha value is -1.23. The van der Waals surface area contributed by atoms with E-state index in [0.717, 1.165) is 18.9 Å². The molecule has 0 aliphatic heterocycles. The second-order valence-corrected chi connectivity index (χ2v) is 6.53. The normalized spacial score (nSPS) is 18.6. The number of nitrogens with one attached hydrogen (secondary N) is 1. The van der Waals surface area contributed by atoms with Gasteiger partial charge in [0.15, 0.2) is 16.4 Å². The van der Waals surface area contributed by atoms with E-state index in [1.165, 1.54) is 19.3 Å². The van der Waals surface area contributed by atoms with Crippen molar-refractivity contribution in [1.29, 1.82) is 0 Å². The van der Waals surface area contributed by atoms with Gasteiger partial charge in [-0.3, -0.25) is 0 Å². The third kappa shape index (κ3) is 2.28. The highest BCUT2D eigenvalue weighted by Gasteiger charge is 2.28. The summed E-state index contributed by atoms with van der Waals surface area (Å²) in [5.41, 5.74) is 0.944. The number of aromatic nitrogens is 2. The topological polar surface area (TPSA) is 20.7 Å². The average molecular weight is 296 g/mol. The van der Waals surface area contributed by atoms with Crippen molar-refractivity contribution in [3.8, 4) is 0 Å². The summed E-state index contributed by atoms with van der Waals surface area (Å²) in [5.74, 6) is -1.64.